The third kappa shape index (κ3) is 3.34. The van der Waals surface area contributed by atoms with Crippen molar-refractivity contribution in [1.29, 1.82) is 0 Å². The van der Waals surface area contributed by atoms with E-state index in [0.29, 0.717) is 6.16 Å². The average Bonchev–Trinajstić information content (AvgIpc) is 2.66. The summed E-state index contributed by atoms with van der Waals surface area (Å²) in [5, 5.41) is 1.79. The Balaban J connectivity index is 2.19. The van der Waals surface area contributed by atoms with E-state index >= 15 is 0 Å². The van der Waals surface area contributed by atoms with E-state index in [1.54, 1.807) is 7.11 Å². The van der Waals surface area contributed by atoms with Crippen molar-refractivity contribution in [3.05, 3.63) is 89.0 Å². The van der Waals surface area contributed by atoms with Crippen molar-refractivity contribution in [2.24, 2.45) is 0 Å². The molecule has 0 aromatic heterocycles. The second-order valence-electron chi connectivity index (χ2n) is 6.72. The van der Waals surface area contributed by atoms with Gasteiger partial charge in [0.1, 0.15) is 12.9 Å². The topological polar surface area (TPSA) is 26.3 Å². The Labute approximate surface area is 156 Å². The van der Waals surface area contributed by atoms with Gasteiger partial charge in [-0.25, -0.2) is 0 Å². The van der Waals surface area contributed by atoms with Crippen LogP contribution in [0.25, 0.3) is 0 Å². The number of methoxy groups -OCH3 is 1. The zero-order valence-electron chi connectivity index (χ0n) is 15.8. The molecule has 0 unspecified atom stereocenters. The Hall–Kier alpha value is -2.31. The summed E-state index contributed by atoms with van der Waals surface area (Å²) in [4.78, 5) is 0. The SMILES string of the molecule is COc1c(C)cc(C)c(CP(=O)(c2ccccc2)c2ccccc2)c1C. The van der Waals surface area contributed by atoms with Crippen molar-refractivity contribution in [3.63, 3.8) is 0 Å². The summed E-state index contributed by atoms with van der Waals surface area (Å²) in [7, 11) is -1.10. The molecule has 0 fully saturated rings. The summed E-state index contributed by atoms with van der Waals surface area (Å²) in [6, 6.07) is 21.8. The van der Waals surface area contributed by atoms with E-state index in [2.05, 4.69) is 26.8 Å². The summed E-state index contributed by atoms with van der Waals surface area (Å²) in [5.41, 5.74) is 4.47. The molecule has 0 aliphatic heterocycles. The maximum Gasteiger partial charge on any atom is 0.147 e. The quantitative estimate of drug-likeness (QED) is 0.586. The molecule has 3 heteroatoms. The molecule has 26 heavy (non-hydrogen) atoms. The summed E-state index contributed by atoms with van der Waals surface area (Å²) in [6.07, 6.45) is 0.495. The van der Waals surface area contributed by atoms with Gasteiger partial charge in [-0.05, 0) is 43.0 Å². The number of hydrogen-bond donors (Lipinski definition) is 0. The molecule has 0 heterocycles. The lowest BCUT2D eigenvalue weighted by Crippen LogP contribution is -2.18. The summed E-state index contributed by atoms with van der Waals surface area (Å²) >= 11 is 0. The standard InChI is InChI=1S/C23H25O2P/c1-17-15-18(2)23(25-4)19(3)22(17)16-26(24,20-11-7-5-8-12-20)21-13-9-6-10-14-21/h5-15H,16H2,1-4H3. The van der Waals surface area contributed by atoms with Crippen molar-refractivity contribution in [2.75, 3.05) is 7.11 Å². The van der Waals surface area contributed by atoms with Gasteiger partial charge < -0.3 is 9.30 Å². The predicted octanol–water partition coefficient (Wildman–Crippen LogP) is 5.13. The molecular formula is C23H25O2P. The fraction of sp³-hybridized carbons (Fsp3) is 0.217. The lowest BCUT2D eigenvalue weighted by atomic mass is 9.99. The van der Waals surface area contributed by atoms with Crippen molar-refractivity contribution in [2.45, 2.75) is 26.9 Å². The third-order valence-electron chi connectivity index (χ3n) is 4.99. The van der Waals surface area contributed by atoms with Gasteiger partial charge in [0.25, 0.3) is 0 Å². The van der Waals surface area contributed by atoms with Crippen LogP contribution in [0.3, 0.4) is 0 Å². The zero-order chi connectivity index (χ0) is 18.7. The third-order valence-corrected chi connectivity index (χ3v) is 8.02. The van der Waals surface area contributed by atoms with Crippen LogP contribution in [0, 0.1) is 20.8 Å². The first-order valence-corrected chi connectivity index (χ1v) is 10.7. The van der Waals surface area contributed by atoms with Gasteiger partial charge in [-0.2, -0.15) is 0 Å². The summed E-state index contributed by atoms with van der Waals surface area (Å²) in [5.74, 6) is 0.887. The van der Waals surface area contributed by atoms with Crippen molar-refractivity contribution in [3.8, 4) is 5.75 Å². The second kappa shape index (κ2) is 7.51. The van der Waals surface area contributed by atoms with Gasteiger partial charge in [0, 0.05) is 16.8 Å². The second-order valence-corrected chi connectivity index (χ2v) is 9.54. The van der Waals surface area contributed by atoms with E-state index in [9.17, 15) is 4.57 Å². The van der Waals surface area contributed by atoms with E-state index < -0.39 is 7.14 Å². The molecule has 0 N–H and O–H groups in total. The number of rotatable bonds is 5. The first-order valence-electron chi connectivity index (χ1n) is 8.81. The maximum absolute atomic E-state index is 14.3. The highest BCUT2D eigenvalue weighted by Crippen LogP contribution is 2.49. The Morgan fingerprint density at radius 1 is 0.808 bits per heavy atom. The highest BCUT2D eigenvalue weighted by molar-refractivity contribution is 7.78. The Morgan fingerprint density at radius 3 is 1.77 bits per heavy atom. The van der Waals surface area contributed by atoms with Crippen LogP contribution >= 0.6 is 7.14 Å². The highest BCUT2D eigenvalue weighted by Gasteiger charge is 2.29. The molecule has 3 rings (SSSR count). The number of hydrogen-bond acceptors (Lipinski definition) is 2. The molecule has 0 bridgehead atoms. The van der Waals surface area contributed by atoms with Gasteiger partial charge in [0.15, 0.2) is 0 Å². The largest absolute Gasteiger partial charge is 0.496 e. The molecular weight excluding hydrogens is 339 g/mol. The number of aryl methyl sites for hydroxylation is 2. The maximum atomic E-state index is 14.3. The monoisotopic (exact) mass is 364 g/mol. The minimum atomic E-state index is -2.80. The molecule has 3 aromatic carbocycles. The summed E-state index contributed by atoms with van der Waals surface area (Å²) in [6.45, 7) is 6.21. The molecule has 0 saturated carbocycles. The van der Waals surface area contributed by atoms with Gasteiger partial charge in [-0.15, -0.1) is 0 Å². The predicted molar refractivity (Wildman–Crippen MR) is 111 cm³/mol. The summed E-state index contributed by atoms with van der Waals surface area (Å²) < 4.78 is 19.9. The smallest absolute Gasteiger partial charge is 0.147 e. The van der Waals surface area contributed by atoms with Crippen LogP contribution in [-0.4, -0.2) is 7.11 Å². The van der Waals surface area contributed by atoms with Gasteiger partial charge in [-0.3, -0.25) is 0 Å². The van der Waals surface area contributed by atoms with E-state index in [1.807, 2.05) is 60.7 Å². The van der Waals surface area contributed by atoms with E-state index in [1.165, 1.54) is 0 Å². The first-order chi connectivity index (χ1) is 12.5. The fourth-order valence-electron chi connectivity index (χ4n) is 3.66. The Kier molecular flexibility index (Phi) is 5.34. The minimum absolute atomic E-state index is 0.495. The molecule has 0 aliphatic rings. The van der Waals surface area contributed by atoms with Crippen molar-refractivity contribution < 1.29 is 9.30 Å². The molecule has 0 atom stereocenters. The first kappa shape index (κ1) is 18.5. The van der Waals surface area contributed by atoms with Crippen LogP contribution in [0.2, 0.25) is 0 Å². The van der Waals surface area contributed by atoms with Gasteiger partial charge in [0.05, 0.1) is 7.11 Å². The van der Waals surface area contributed by atoms with E-state index in [-0.39, 0.29) is 0 Å². The van der Waals surface area contributed by atoms with Crippen LogP contribution in [0.4, 0.5) is 0 Å². The average molecular weight is 364 g/mol. The lowest BCUT2D eigenvalue weighted by Gasteiger charge is -2.23. The molecule has 0 amide bonds. The van der Waals surface area contributed by atoms with Crippen molar-refractivity contribution in [1.82, 2.24) is 0 Å². The van der Waals surface area contributed by atoms with Crippen LogP contribution in [0.15, 0.2) is 66.7 Å². The minimum Gasteiger partial charge on any atom is -0.496 e. The van der Waals surface area contributed by atoms with Crippen LogP contribution < -0.4 is 15.3 Å². The Bertz CT molecular complexity index is 903. The van der Waals surface area contributed by atoms with Gasteiger partial charge in [0.2, 0.25) is 0 Å². The van der Waals surface area contributed by atoms with Crippen LogP contribution in [0.1, 0.15) is 22.3 Å². The fourth-order valence-corrected chi connectivity index (χ4v) is 6.56. The lowest BCUT2D eigenvalue weighted by molar-refractivity contribution is 0.408. The molecule has 0 radical (unpaired) electrons. The number of ether oxygens (including phenoxy) is 1. The molecule has 3 aromatic rings. The highest BCUT2D eigenvalue weighted by atomic mass is 31.2. The van der Waals surface area contributed by atoms with Crippen molar-refractivity contribution >= 4 is 17.8 Å². The zero-order valence-corrected chi connectivity index (χ0v) is 16.7. The molecule has 134 valence electrons. The molecule has 0 saturated heterocycles. The number of benzene rings is 3. The van der Waals surface area contributed by atoms with E-state index in [0.717, 1.165) is 38.6 Å². The van der Waals surface area contributed by atoms with Gasteiger partial charge in [-0.1, -0.05) is 66.7 Å². The van der Waals surface area contributed by atoms with Crippen LogP contribution in [0.5, 0.6) is 5.75 Å². The van der Waals surface area contributed by atoms with Gasteiger partial charge >= 0.3 is 0 Å². The normalized spacial score (nSPS) is 11.4. The molecule has 2 nitrogen and oxygen atoms in total. The van der Waals surface area contributed by atoms with E-state index in [4.69, 9.17) is 4.74 Å². The Morgan fingerprint density at radius 2 is 1.31 bits per heavy atom. The molecule has 0 spiro atoms. The molecule has 0 aliphatic carbocycles. The van der Waals surface area contributed by atoms with Crippen LogP contribution in [-0.2, 0) is 10.7 Å².